The van der Waals surface area contributed by atoms with Crippen LogP contribution < -0.4 is 5.32 Å². The molecule has 0 aromatic carbocycles. The molecule has 26 heavy (non-hydrogen) atoms. The van der Waals surface area contributed by atoms with Gasteiger partial charge in [0.15, 0.2) is 5.96 Å². The van der Waals surface area contributed by atoms with Crippen molar-refractivity contribution in [1.29, 1.82) is 0 Å². The van der Waals surface area contributed by atoms with Gasteiger partial charge in [0.2, 0.25) is 5.91 Å². The van der Waals surface area contributed by atoms with E-state index in [1.165, 1.54) is 25.7 Å². The van der Waals surface area contributed by atoms with E-state index in [1.807, 2.05) is 11.9 Å². The highest BCUT2D eigenvalue weighted by Gasteiger charge is 2.30. The third-order valence-corrected chi connectivity index (χ3v) is 6.09. The first-order valence-corrected chi connectivity index (χ1v) is 10.1. The molecule has 2 heterocycles. The predicted octanol–water partition coefficient (Wildman–Crippen LogP) is 0.619. The highest BCUT2D eigenvalue weighted by molar-refractivity contribution is 5.80. The smallest absolute Gasteiger partial charge is 0.236 e. The SMILES string of the molecule is CN=C(NCC1(C)CCCC1)N1CCN(CC(=O)N2CCOCC2)CC1. The molecule has 1 aliphatic carbocycles. The summed E-state index contributed by atoms with van der Waals surface area (Å²) in [7, 11) is 1.87. The van der Waals surface area contributed by atoms with Crippen LogP contribution >= 0.6 is 0 Å². The summed E-state index contributed by atoms with van der Waals surface area (Å²) in [6, 6.07) is 0. The highest BCUT2D eigenvalue weighted by atomic mass is 16.5. The van der Waals surface area contributed by atoms with Gasteiger partial charge in [-0.25, -0.2) is 0 Å². The van der Waals surface area contributed by atoms with Crippen molar-refractivity contribution in [1.82, 2.24) is 20.0 Å². The van der Waals surface area contributed by atoms with Crippen molar-refractivity contribution in [2.75, 3.05) is 72.6 Å². The molecule has 2 saturated heterocycles. The first-order valence-electron chi connectivity index (χ1n) is 10.1. The van der Waals surface area contributed by atoms with Crippen LogP contribution in [0.2, 0.25) is 0 Å². The Morgan fingerprint density at radius 3 is 2.31 bits per heavy atom. The monoisotopic (exact) mass is 365 g/mol. The van der Waals surface area contributed by atoms with Gasteiger partial charge in [-0.15, -0.1) is 0 Å². The fraction of sp³-hybridized carbons (Fsp3) is 0.895. The Morgan fingerprint density at radius 1 is 1.04 bits per heavy atom. The minimum absolute atomic E-state index is 0.235. The zero-order valence-electron chi connectivity index (χ0n) is 16.5. The molecule has 0 bridgehead atoms. The number of nitrogens with zero attached hydrogens (tertiary/aromatic N) is 4. The third-order valence-electron chi connectivity index (χ3n) is 6.09. The van der Waals surface area contributed by atoms with E-state index in [2.05, 4.69) is 27.0 Å². The number of piperazine rings is 1. The van der Waals surface area contributed by atoms with Crippen LogP contribution in [0, 0.1) is 5.41 Å². The lowest BCUT2D eigenvalue weighted by Crippen LogP contribution is -2.55. The number of amides is 1. The van der Waals surface area contributed by atoms with Gasteiger partial charge < -0.3 is 19.9 Å². The fourth-order valence-electron chi connectivity index (χ4n) is 4.25. The van der Waals surface area contributed by atoms with Crippen molar-refractivity contribution in [3.8, 4) is 0 Å². The lowest BCUT2D eigenvalue weighted by Gasteiger charge is -2.38. The second kappa shape index (κ2) is 9.04. The Bertz CT molecular complexity index is 490. The van der Waals surface area contributed by atoms with Gasteiger partial charge in [-0.1, -0.05) is 19.8 Å². The van der Waals surface area contributed by atoms with Crippen LogP contribution in [-0.4, -0.2) is 99.2 Å². The summed E-state index contributed by atoms with van der Waals surface area (Å²) in [6.07, 6.45) is 5.34. The molecule has 7 heteroatoms. The molecule has 0 atom stereocenters. The molecule has 1 amide bonds. The number of carbonyl (C=O) groups excluding carboxylic acids is 1. The van der Waals surface area contributed by atoms with Crippen molar-refractivity contribution in [2.45, 2.75) is 32.6 Å². The zero-order valence-corrected chi connectivity index (χ0v) is 16.5. The predicted molar refractivity (Wildman–Crippen MR) is 103 cm³/mol. The second-order valence-corrected chi connectivity index (χ2v) is 8.17. The molecular weight excluding hydrogens is 330 g/mol. The maximum absolute atomic E-state index is 12.4. The zero-order chi connectivity index (χ0) is 18.4. The van der Waals surface area contributed by atoms with Gasteiger partial charge in [-0.05, 0) is 18.3 Å². The van der Waals surface area contributed by atoms with Gasteiger partial charge in [0.05, 0.1) is 19.8 Å². The molecule has 148 valence electrons. The summed E-state index contributed by atoms with van der Waals surface area (Å²) < 4.78 is 5.33. The minimum Gasteiger partial charge on any atom is -0.378 e. The van der Waals surface area contributed by atoms with E-state index in [0.717, 1.165) is 51.8 Å². The number of rotatable bonds is 4. The van der Waals surface area contributed by atoms with Crippen molar-refractivity contribution in [3.63, 3.8) is 0 Å². The summed E-state index contributed by atoms with van der Waals surface area (Å²) in [5.74, 6) is 1.25. The number of ether oxygens (including phenoxy) is 1. The molecule has 0 unspecified atom stereocenters. The standard InChI is InChI=1S/C19H35N5O2/c1-19(5-3-4-6-19)16-21-18(20-2)24-9-7-22(8-10-24)15-17(25)23-11-13-26-14-12-23/h3-16H2,1-2H3,(H,20,21). The molecule has 0 aromatic rings. The normalized spacial score (nSPS) is 24.8. The van der Waals surface area contributed by atoms with Crippen molar-refractivity contribution >= 4 is 11.9 Å². The molecule has 1 saturated carbocycles. The Kier molecular flexibility index (Phi) is 6.75. The third kappa shape index (κ3) is 5.10. The number of nitrogens with one attached hydrogen (secondary N) is 1. The van der Waals surface area contributed by atoms with Gasteiger partial charge in [-0.2, -0.15) is 0 Å². The van der Waals surface area contributed by atoms with E-state index in [1.54, 1.807) is 0 Å². The van der Waals surface area contributed by atoms with Crippen LogP contribution in [0.3, 0.4) is 0 Å². The molecule has 0 aromatic heterocycles. The molecule has 2 aliphatic heterocycles. The summed E-state index contributed by atoms with van der Waals surface area (Å²) in [6.45, 7) is 10.4. The number of aliphatic imine (C=N–C) groups is 1. The average Bonchev–Trinajstić information content (AvgIpc) is 3.11. The Balaban J connectivity index is 1.41. The van der Waals surface area contributed by atoms with Gasteiger partial charge in [0.1, 0.15) is 0 Å². The molecule has 3 fully saturated rings. The maximum atomic E-state index is 12.4. The molecule has 0 radical (unpaired) electrons. The van der Waals surface area contributed by atoms with Crippen LogP contribution in [0.5, 0.6) is 0 Å². The van der Waals surface area contributed by atoms with E-state index >= 15 is 0 Å². The first kappa shape index (κ1) is 19.4. The molecular formula is C19H35N5O2. The topological polar surface area (TPSA) is 60.4 Å². The minimum atomic E-state index is 0.235. The Labute approximate surface area is 157 Å². The van der Waals surface area contributed by atoms with Gasteiger partial charge in [-0.3, -0.25) is 14.7 Å². The Morgan fingerprint density at radius 2 is 1.69 bits per heavy atom. The van der Waals surface area contributed by atoms with Crippen molar-refractivity contribution < 1.29 is 9.53 Å². The van der Waals surface area contributed by atoms with Crippen molar-refractivity contribution in [3.05, 3.63) is 0 Å². The number of morpholine rings is 1. The van der Waals surface area contributed by atoms with Crippen LogP contribution in [0.1, 0.15) is 32.6 Å². The summed E-state index contributed by atoms with van der Waals surface area (Å²) in [5, 5.41) is 3.60. The fourth-order valence-corrected chi connectivity index (χ4v) is 4.25. The van der Waals surface area contributed by atoms with E-state index in [9.17, 15) is 4.79 Å². The van der Waals surface area contributed by atoms with Gasteiger partial charge in [0.25, 0.3) is 0 Å². The van der Waals surface area contributed by atoms with Crippen LogP contribution in [-0.2, 0) is 9.53 Å². The number of hydrogen-bond acceptors (Lipinski definition) is 4. The molecule has 7 nitrogen and oxygen atoms in total. The van der Waals surface area contributed by atoms with Gasteiger partial charge in [0, 0.05) is 52.9 Å². The quantitative estimate of drug-likeness (QED) is 0.585. The van der Waals surface area contributed by atoms with E-state index in [-0.39, 0.29) is 5.91 Å². The lowest BCUT2D eigenvalue weighted by atomic mass is 9.89. The number of hydrogen-bond donors (Lipinski definition) is 1. The molecule has 3 rings (SSSR count). The van der Waals surface area contributed by atoms with E-state index in [4.69, 9.17) is 4.74 Å². The largest absolute Gasteiger partial charge is 0.378 e. The highest BCUT2D eigenvalue weighted by Crippen LogP contribution is 2.36. The average molecular weight is 366 g/mol. The van der Waals surface area contributed by atoms with Crippen LogP contribution in [0.25, 0.3) is 0 Å². The second-order valence-electron chi connectivity index (χ2n) is 8.17. The van der Waals surface area contributed by atoms with Crippen LogP contribution in [0.4, 0.5) is 0 Å². The lowest BCUT2D eigenvalue weighted by molar-refractivity contribution is -0.136. The molecule has 1 N–H and O–H groups in total. The summed E-state index contributed by atoms with van der Waals surface area (Å²) in [5.41, 5.74) is 0.419. The summed E-state index contributed by atoms with van der Waals surface area (Å²) in [4.78, 5) is 23.4. The van der Waals surface area contributed by atoms with Crippen LogP contribution in [0.15, 0.2) is 4.99 Å². The molecule has 3 aliphatic rings. The molecule has 0 spiro atoms. The Hall–Kier alpha value is -1.34. The van der Waals surface area contributed by atoms with E-state index in [0.29, 0.717) is 25.2 Å². The van der Waals surface area contributed by atoms with Crippen molar-refractivity contribution in [2.24, 2.45) is 10.4 Å². The van der Waals surface area contributed by atoms with Gasteiger partial charge >= 0.3 is 0 Å². The maximum Gasteiger partial charge on any atom is 0.236 e. The summed E-state index contributed by atoms with van der Waals surface area (Å²) >= 11 is 0. The first-order chi connectivity index (χ1) is 12.6. The van der Waals surface area contributed by atoms with E-state index < -0.39 is 0 Å². The number of guanidine groups is 1. The number of carbonyl (C=O) groups is 1.